The van der Waals surface area contributed by atoms with E-state index in [1.165, 1.54) is 23.1 Å². The number of rotatable bonds is 7. The zero-order chi connectivity index (χ0) is 18.5. The molecule has 8 heteroatoms. The molecule has 0 aliphatic rings. The lowest BCUT2D eigenvalue weighted by molar-refractivity contribution is -0.113. The van der Waals surface area contributed by atoms with Crippen molar-refractivity contribution in [3.63, 3.8) is 0 Å². The minimum Gasteiger partial charge on any atom is -0.462 e. The topological polar surface area (TPSA) is 81.4 Å². The van der Waals surface area contributed by atoms with E-state index in [-0.39, 0.29) is 18.3 Å². The summed E-state index contributed by atoms with van der Waals surface area (Å²) in [6, 6.07) is 9.20. The number of nitrogens with one attached hydrogen (secondary N) is 1. The Morgan fingerprint density at radius 1 is 1.31 bits per heavy atom. The minimum atomic E-state index is -0.426. The molecule has 1 amide bonds. The summed E-state index contributed by atoms with van der Waals surface area (Å²) in [4.78, 5) is 29.7. The number of oxazole rings is 1. The molecular formula is C18H18N2O4S2. The van der Waals surface area contributed by atoms with Crippen LogP contribution in [0.4, 0.5) is 5.00 Å². The van der Waals surface area contributed by atoms with Crippen LogP contribution in [0.3, 0.4) is 0 Å². The maximum absolute atomic E-state index is 12.3. The fourth-order valence-corrected chi connectivity index (χ4v) is 3.91. The highest BCUT2D eigenvalue weighted by molar-refractivity contribution is 7.99. The molecule has 0 aliphatic heterocycles. The number of esters is 1. The number of para-hydroxylation sites is 2. The Kier molecular flexibility index (Phi) is 5.95. The molecule has 0 spiro atoms. The monoisotopic (exact) mass is 390 g/mol. The number of benzene rings is 1. The lowest BCUT2D eigenvalue weighted by Crippen LogP contribution is -2.15. The molecule has 0 atom stereocenters. The third kappa shape index (κ3) is 4.25. The third-order valence-corrected chi connectivity index (χ3v) is 5.50. The van der Waals surface area contributed by atoms with Gasteiger partial charge in [0.05, 0.1) is 17.9 Å². The molecule has 1 N–H and O–H groups in total. The van der Waals surface area contributed by atoms with Gasteiger partial charge in [-0.25, -0.2) is 9.78 Å². The first kappa shape index (κ1) is 18.5. The van der Waals surface area contributed by atoms with E-state index in [1.807, 2.05) is 31.2 Å². The number of thioether (sulfide) groups is 1. The number of thiophene rings is 1. The number of hydrogen-bond donors (Lipinski definition) is 1. The number of carbonyl (C=O) groups excluding carboxylic acids is 2. The Hall–Kier alpha value is -2.32. The predicted octanol–water partition coefficient (Wildman–Crippen LogP) is 4.36. The van der Waals surface area contributed by atoms with E-state index in [4.69, 9.17) is 9.15 Å². The number of aryl methyl sites for hydroxylation is 1. The highest BCUT2D eigenvalue weighted by atomic mass is 32.2. The second-order valence-electron chi connectivity index (χ2n) is 5.31. The van der Waals surface area contributed by atoms with Crippen LogP contribution < -0.4 is 5.32 Å². The fourth-order valence-electron chi connectivity index (χ4n) is 2.27. The number of amides is 1. The molecular weight excluding hydrogens is 372 g/mol. The first-order valence-corrected chi connectivity index (χ1v) is 9.99. The van der Waals surface area contributed by atoms with Crippen molar-refractivity contribution in [3.05, 3.63) is 40.8 Å². The number of anilines is 1. The average Bonchev–Trinajstić information content (AvgIpc) is 3.23. The first-order valence-electron chi connectivity index (χ1n) is 8.18. The smallest absolute Gasteiger partial charge is 0.341 e. The predicted molar refractivity (Wildman–Crippen MR) is 103 cm³/mol. The highest BCUT2D eigenvalue weighted by Gasteiger charge is 2.19. The van der Waals surface area contributed by atoms with Gasteiger partial charge in [-0.2, -0.15) is 0 Å². The van der Waals surface area contributed by atoms with Crippen LogP contribution in [0.25, 0.3) is 11.1 Å². The highest BCUT2D eigenvalue weighted by Crippen LogP contribution is 2.30. The second-order valence-corrected chi connectivity index (χ2v) is 7.38. The summed E-state index contributed by atoms with van der Waals surface area (Å²) in [5, 5.41) is 3.75. The van der Waals surface area contributed by atoms with Crippen LogP contribution >= 0.6 is 23.1 Å². The van der Waals surface area contributed by atoms with Gasteiger partial charge in [-0.1, -0.05) is 30.8 Å². The van der Waals surface area contributed by atoms with Crippen molar-refractivity contribution in [1.29, 1.82) is 0 Å². The zero-order valence-electron chi connectivity index (χ0n) is 14.4. The Balaban J connectivity index is 1.65. The largest absolute Gasteiger partial charge is 0.462 e. The third-order valence-electron chi connectivity index (χ3n) is 3.48. The number of carbonyl (C=O) groups is 2. The van der Waals surface area contributed by atoms with Crippen LogP contribution in [0.5, 0.6) is 0 Å². The van der Waals surface area contributed by atoms with Crippen molar-refractivity contribution in [3.8, 4) is 0 Å². The van der Waals surface area contributed by atoms with Gasteiger partial charge >= 0.3 is 5.97 Å². The molecule has 0 saturated heterocycles. The molecule has 0 unspecified atom stereocenters. The van der Waals surface area contributed by atoms with Crippen molar-refractivity contribution in [2.24, 2.45) is 0 Å². The van der Waals surface area contributed by atoms with Gasteiger partial charge in [0, 0.05) is 4.88 Å². The summed E-state index contributed by atoms with van der Waals surface area (Å²) in [6.45, 7) is 4.03. The summed E-state index contributed by atoms with van der Waals surface area (Å²) >= 11 is 2.60. The molecule has 6 nitrogen and oxygen atoms in total. The van der Waals surface area contributed by atoms with E-state index >= 15 is 0 Å². The van der Waals surface area contributed by atoms with Gasteiger partial charge in [0.1, 0.15) is 10.5 Å². The van der Waals surface area contributed by atoms with E-state index in [0.717, 1.165) is 16.8 Å². The Labute approximate surface area is 158 Å². The maximum Gasteiger partial charge on any atom is 0.341 e. The summed E-state index contributed by atoms with van der Waals surface area (Å²) in [6.07, 6.45) is 0.782. The van der Waals surface area contributed by atoms with Crippen LogP contribution in [-0.4, -0.2) is 29.2 Å². The van der Waals surface area contributed by atoms with Gasteiger partial charge in [0.15, 0.2) is 5.58 Å². The van der Waals surface area contributed by atoms with Gasteiger partial charge in [0.2, 0.25) is 5.91 Å². The van der Waals surface area contributed by atoms with E-state index in [2.05, 4.69) is 10.3 Å². The first-order chi connectivity index (χ1) is 12.6. The minimum absolute atomic E-state index is 0.133. The Morgan fingerprint density at radius 3 is 2.85 bits per heavy atom. The summed E-state index contributed by atoms with van der Waals surface area (Å²) in [7, 11) is 0. The van der Waals surface area contributed by atoms with Gasteiger partial charge in [-0.15, -0.1) is 11.3 Å². The van der Waals surface area contributed by atoms with E-state index in [0.29, 0.717) is 21.4 Å². The summed E-state index contributed by atoms with van der Waals surface area (Å²) in [5.41, 5.74) is 1.84. The van der Waals surface area contributed by atoms with E-state index in [9.17, 15) is 9.59 Å². The number of nitrogens with zero attached hydrogens (tertiary/aromatic N) is 1. The van der Waals surface area contributed by atoms with Crippen LogP contribution in [0.15, 0.2) is 40.0 Å². The van der Waals surface area contributed by atoms with Crippen molar-refractivity contribution in [2.45, 2.75) is 25.5 Å². The van der Waals surface area contributed by atoms with Crippen molar-refractivity contribution in [1.82, 2.24) is 4.98 Å². The number of aromatic nitrogens is 1. The van der Waals surface area contributed by atoms with Crippen LogP contribution in [0.1, 0.15) is 29.1 Å². The molecule has 2 aromatic heterocycles. The van der Waals surface area contributed by atoms with Crippen LogP contribution in [0.2, 0.25) is 0 Å². The second kappa shape index (κ2) is 8.37. The molecule has 0 radical (unpaired) electrons. The van der Waals surface area contributed by atoms with Gasteiger partial charge in [0.25, 0.3) is 5.22 Å². The summed E-state index contributed by atoms with van der Waals surface area (Å²) < 4.78 is 10.6. The molecule has 0 fully saturated rings. The van der Waals surface area contributed by atoms with Gasteiger partial charge in [-0.3, -0.25) is 4.79 Å². The molecule has 3 rings (SSSR count). The van der Waals surface area contributed by atoms with Crippen molar-refractivity contribution < 1.29 is 18.7 Å². The number of ether oxygens (including phenoxy) is 1. The van der Waals surface area contributed by atoms with Gasteiger partial charge < -0.3 is 14.5 Å². The molecule has 0 aliphatic carbocycles. The lowest BCUT2D eigenvalue weighted by Gasteiger charge is -2.05. The quantitative estimate of drug-likeness (QED) is 0.477. The summed E-state index contributed by atoms with van der Waals surface area (Å²) in [5.74, 6) is -0.522. The van der Waals surface area contributed by atoms with E-state index < -0.39 is 5.97 Å². The van der Waals surface area contributed by atoms with E-state index in [1.54, 1.807) is 13.0 Å². The van der Waals surface area contributed by atoms with Crippen molar-refractivity contribution in [2.75, 3.05) is 17.7 Å². The zero-order valence-corrected chi connectivity index (χ0v) is 16.0. The molecule has 2 heterocycles. The molecule has 0 saturated carbocycles. The lowest BCUT2D eigenvalue weighted by atomic mass is 10.2. The van der Waals surface area contributed by atoms with Crippen molar-refractivity contribution >= 4 is 51.1 Å². The average molecular weight is 390 g/mol. The number of fused-ring (bicyclic) bond motifs is 1. The standard InChI is InChI=1S/C18H18N2O4S2/c1-3-11-9-12(17(22)23-4-2)16(26-11)20-15(21)10-25-18-19-13-7-5-6-8-14(13)24-18/h5-9H,3-4,10H2,1-2H3,(H,20,21). The molecule has 3 aromatic rings. The molecule has 26 heavy (non-hydrogen) atoms. The SMILES string of the molecule is CCOC(=O)c1cc(CC)sc1NC(=O)CSc1nc2ccccc2o1. The molecule has 0 bridgehead atoms. The van der Waals surface area contributed by atoms with Crippen LogP contribution in [-0.2, 0) is 16.0 Å². The molecule has 136 valence electrons. The maximum atomic E-state index is 12.3. The normalized spacial score (nSPS) is 10.8. The Bertz CT molecular complexity index is 899. The molecule has 1 aromatic carbocycles. The number of hydrogen-bond acceptors (Lipinski definition) is 7. The Morgan fingerprint density at radius 2 is 2.12 bits per heavy atom. The van der Waals surface area contributed by atoms with Gasteiger partial charge in [-0.05, 0) is 31.5 Å². The fraction of sp³-hybridized carbons (Fsp3) is 0.278. The van der Waals surface area contributed by atoms with Crippen LogP contribution in [0, 0.1) is 0 Å².